The van der Waals surface area contributed by atoms with Gasteiger partial charge >= 0.3 is 0 Å². The molecule has 1 N–H and O–H groups in total. The maximum atomic E-state index is 3.44. The van der Waals surface area contributed by atoms with Gasteiger partial charge in [-0.1, -0.05) is 42.5 Å². The third-order valence-corrected chi connectivity index (χ3v) is 4.79. The van der Waals surface area contributed by atoms with Crippen molar-refractivity contribution in [1.29, 1.82) is 0 Å². The van der Waals surface area contributed by atoms with Crippen LogP contribution in [0, 0.1) is 17.4 Å². The van der Waals surface area contributed by atoms with Gasteiger partial charge in [0.2, 0.25) is 0 Å². The van der Waals surface area contributed by atoms with E-state index in [2.05, 4.69) is 84.2 Å². The first-order chi connectivity index (χ1) is 8.65. The molecule has 2 aromatic rings. The van der Waals surface area contributed by atoms with Crippen LogP contribution in [0.2, 0.25) is 0 Å². The van der Waals surface area contributed by atoms with Crippen LogP contribution in [0.1, 0.15) is 28.3 Å². The molecule has 0 bridgehead atoms. The monoisotopic (exact) mass is 351 g/mol. The van der Waals surface area contributed by atoms with Gasteiger partial charge in [-0.25, -0.2) is 0 Å². The highest BCUT2D eigenvalue weighted by Gasteiger charge is 2.16. The Bertz CT molecular complexity index is 549. The maximum absolute atomic E-state index is 3.44. The highest BCUT2D eigenvalue weighted by Crippen LogP contribution is 2.29. The molecule has 18 heavy (non-hydrogen) atoms. The zero-order chi connectivity index (χ0) is 13.1. The summed E-state index contributed by atoms with van der Waals surface area (Å²) in [6.45, 7) is 4.33. The quantitative estimate of drug-likeness (QED) is 0.817. The third kappa shape index (κ3) is 2.59. The van der Waals surface area contributed by atoms with Crippen LogP contribution >= 0.6 is 22.6 Å². The van der Waals surface area contributed by atoms with Gasteiger partial charge in [0.05, 0.1) is 6.04 Å². The van der Waals surface area contributed by atoms with Crippen molar-refractivity contribution in [3.8, 4) is 0 Å². The molecule has 0 aliphatic rings. The first kappa shape index (κ1) is 13.6. The van der Waals surface area contributed by atoms with Gasteiger partial charge in [0.15, 0.2) is 0 Å². The Morgan fingerprint density at radius 3 is 2.17 bits per heavy atom. The lowest BCUT2D eigenvalue weighted by Gasteiger charge is -2.21. The summed E-state index contributed by atoms with van der Waals surface area (Å²) in [6, 6.07) is 15.3. The van der Waals surface area contributed by atoms with Gasteiger partial charge in [-0.2, -0.15) is 0 Å². The van der Waals surface area contributed by atoms with Crippen LogP contribution in [-0.2, 0) is 0 Å². The summed E-state index contributed by atoms with van der Waals surface area (Å²) in [5.74, 6) is 0. The zero-order valence-electron chi connectivity index (χ0n) is 11.0. The van der Waals surface area contributed by atoms with Crippen LogP contribution in [0.25, 0.3) is 0 Å². The molecule has 2 heteroatoms. The van der Waals surface area contributed by atoms with Crippen LogP contribution in [0.4, 0.5) is 0 Å². The normalized spacial score (nSPS) is 12.4. The van der Waals surface area contributed by atoms with Crippen molar-refractivity contribution in [3.63, 3.8) is 0 Å². The Morgan fingerprint density at radius 2 is 1.50 bits per heavy atom. The van der Waals surface area contributed by atoms with E-state index in [0.29, 0.717) is 0 Å². The molecular weight excluding hydrogens is 333 g/mol. The molecule has 2 rings (SSSR count). The average Bonchev–Trinajstić information content (AvgIpc) is 2.37. The largest absolute Gasteiger partial charge is 0.309 e. The first-order valence-electron chi connectivity index (χ1n) is 6.13. The van der Waals surface area contributed by atoms with Crippen molar-refractivity contribution < 1.29 is 0 Å². The van der Waals surface area contributed by atoms with Gasteiger partial charge in [-0.3, -0.25) is 0 Å². The Labute approximate surface area is 123 Å². The van der Waals surface area contributed by atoms with E-state index in [1.807, 2.05) is 7.05 Å². The number of nitrogens with one attached hydrogen (secondary N) is 1. The summed E-state index contributed by atoms with van der Waals surface area (Å²) in [5, 5.41) is 3.44. The number of aryl methyl sites for hydroxylation is 2. The number of rotatable bonds is 3. The summed E-state index contributed by atoms with van der Waals surface area (Å²) in [7, 11) is 2.02. The standard InChI is InChI=1S/C16H18IN/c1-11-7-4-5-9-13(11)16(18-3)14-10-6-8-12(2)15(14)17/h4-10,16,18H,1-3H3. The molecule has 0 aliphatic carbocycles. The fourth-order valence-corrected chi connectivity index (χ4v) is 2.95. The second-order valence-corrected chi connectivity index (χ2v) is 5.64. The minimum absolute atomic E-state index is 0.262. The van der Waals surface area contributed by atoms with Crippen molar-refractivity contribution in [2.75, 3.05) is 7.05 Å². The van der Waals surface area contributed by atoms with Gasteiger partial charge in [-0.15, -0.1) is 0 Å². The lowest BCUT2D eigenvalue weighted by atomic mass is 9.94. The first-order valence-corrected chi connectivity index (χ1v) is 7.21. The summed E-state index contributed by atoms with van der Waals surface area (Å²) in [6.07, 6.45) is 0. The third-order valence-electron chi connectivity index (χ3n) is 3.32. The highest BCUT2D eigenvalue weighted by atomic mass is 127. The van der Waals surface area contributed by atoms with E-state index in [0.717, 1.165) is 0 Å². The molecule has 0 saturated heterocycles. The SMILES string of the molecule is CNC(c1ccccc1C)c1cccc(C)c1I. The lowest BCUT2D eigenvalue weighted by Crippen LogP contribution is -2.20. The molecule has 0 aliphatic heterocycles. The molecule has 2 aromatic carbocycles. The average molecular weight is 351 g/mol. The Kier molecular flexibility index (Phi) is 4.40. The summed E-state index contributed by atoms with van der Waals surface area (Å²) >= 11 is 2.44. The van der Waals surface area contributed by atoms with E-state index in [-0.39, 0.29) is 6.04 Å². The van der Waals surface area contributed by atoms with Crippen molar-refractivity contribution in [2.24, 2.45) is 0 Å². The molecule has 1 nitrogen and oxygen atoms in total. The Balaban J connectivity index is 2.53. The molecular formula is C16H18IN. The molecule has 0 heterocycles. The molecule has 0 fully saturated rings. The van der Waals surface area contributed by atoms with E-state index in [1.54, 1.807) is 0 Å². The van der Waals surface area contributed by atoms with Crippen LogP contribution in [-0.4, -0.2) is 7.05 Å². The smallest absolute Gasteiger partial charge is 0.0587 e. The van der Waals surface area contributed by atoms with Gasteiger partial charge in [0.1, 0.15) is 0 Å². The molecule has 0 saturated carbocycles. The number of benzene rings is 2. The van der Waals surface area contributed by atoms with Crippen LogP contribution in [0.15, 0.2) is 42.5 Å². The van der Waals surface area contributed by atoms with Crippen molar-refractivity contribution in [2.45, 2.75) is 19.9 Å². The van der Waals surface area contributed by atoms with Crippen molar-refractivity contribution in [3.05, 3.63) is 68.3 Å². The zero-order valence-corrected chi connectivity index (χ0v) is 13.2. The molecule has 94 valence electrons. The predicted octanol–water partition coefficient (Wildman–Crippen LogP) is 4.22. The van der Waals surface area contributed by atoms with E-state index < -0.39 is 0 Å². The predicted molar refractivity (Wildman–Crippen MR) is 86.0 cm³/mol. The molecule has 1 atom stereocenters. The van der Waals surface area contributed by atoms with E-state index >= 15 is 0 Å². The Hall–Kier alpha value is -0.870. The molecule has 0 aromatic heterocycles. The second kappa shape index (κ2) is 5.85. The minimum atomic E-state index is 0.262. The fourth-order valence-electron chi connectivity index (χ4n) is 2.28. The number of hydrogen-bond donors (Lipinski definition) is 1. The fraction of sp³-hybridized carbons (Fsp3) is 0.250. The second-order valence-electron chi connectivity index (χ2n) is 4.56. The van der Waals surface area contributed by atoms with Crippen LogP contribution in [0.3, 0.4) is 0 Å². The maximum Gasteiger partial charge on any atom is 0.0587 e. The molecule has 0 radical (unpaired) electrons. The Morgan fingerprint density at radius 1 is 0.889 bits per heavy atom. The van der Waals surface area contributed by atoms with Gasteiger partial charge in [-0.05, 0) is 65.7 Å². The number of halogens is 1. The number of hydrogen-bond acceptors (Lipinski definition) is 1. The van der Waals surface area contributed by atoms with Crippen molar-refractivity contribution in [1.82, 2.24) is 5.32 Å². The van der Waals surface area contributed by atoms with Gasteiger partial charge in [0, 0.05) is 3.57 Å². The minimum Gasteiger partial charge on any atom is -0.309 e. The van der Waals surface area contributed by atoms with Crippen LogP contribution in [0.5, 0.6) is 0 Å². The van der Waals surface area contributed by atoms with E-state index in [1.165, 1.54) is 25.8 Å². The van der Waals surface area contributed by atoms with E-state index in [4.69, 9.17) is 0 Å². The van der Waals surface area contributed by atoms with E-state index in [9.17, 15) is 0 Å². The van der Waals surface area contributed by atoms with Crippen LogP contribution < -0.4 is 5.32 Å². The molecule has 1 unspecified atom stereocenters. The topological polar surface area (TPSA) is 12.0 Å². The molecule has 0 amide bonds. The van der Waals surface area contributed by atoms with Gasteiger partial charge < -0.3 is 5.32 Å². The molecule has 0 spiro atoms. The lowest BCUT2D eigenvalue weighted by molar-refractivity contribution is 0.683. The summed E-state index contributed by atoms with van der Waals surface area (Å²) in [4.78, 5) is 0. The summed E-state index contributed by atoms with van der Waals surface area (Å²) < 4.78 is 1.35. The van der Waals surface area contributed by atoms with Crippen molar-refractivity contribution >= 4 is 22.6 Å². The highest BCUT2D eigenvalue weighted by molar-refractivity contribution is 14.1. The van der Waals surface area contributed by atoms with Gasteiger partial charge in [0.25, 0.3) is 0 Å². The summed E-state index contributed by atoms with van der Waals surface area (Å²) in [5.41, 5.74) is 5.37.